The second-order valence-corrected chi connectivity index (χ2v) is 5.80. The predicted molar refractivity (Wildman–Crippen MR) is 98.9 cm³/mol. The Bertz CT molecular complexity index is 952. The Morgan fingerprint density at radius 3 is 1.93 bits per heavy atom. The monoisotopic (exact) mass is 387 g/mol. The molecule has 3 rings (SSSR count). The largest absolute Gasteiger partial charge is 0.497 e. The fourth-order valence-electron chi connectivity index (χ4n) is 2.49. The van der Waals surface area contributed by atoms with Gasteiger partial charge in [-0.15, -0.1) is 0 Å². The second-order valence-electron chi connectivity index (χ2n) is 5.80. The number of hydrogen-bond acceptors (Lipinski definition) is 3. The zero-order valence-electron chi connectivity index (χ0n) is 14.8. The molecule has 3 aromatic carbocycles. The molecule has 0 radical (unpaired) electrons. The number of amides is 1. The Labute approximate surface area is 159 Å². The molecule has 144 valence electrons. The van der Waals surface area contributed by atoms with Gasteiger partial charge in [-0.25, -0.2) is 0 Å². The molecule has 4 nitrogen and oxygen atoms in total. The minimum absolute atomic E-state index is 0.207. The summed E-state index contributed by atoms with van der Waals surface area (Å²) in [6.45, 7) is 0. The van der Waals surface area contributed by atoms with Crippen LogP contribution in [0.1, 0.15) is 15.9 Å². The summed E-state index contributed by atoms with van der Waals surface area (Å²) < 4.78 is 49.8. The molecule has 1 N–H and O–H groups in total. The molecule has 0 aromatic heterocycles. The van der Waals surface area contributed by atoms with E-state index >= 15 is 0 Å². The van der Waals surface area contributed by atoms with E-state index in [0.717, 1.165) is 6.07 Å². The van der Waals surface area contributed by atoms with Gasteiger partial charge in [-0.3, -0.25) is 4.79 Å². The van der Waals surface area contributed by atoms with E-state index in [4.69, 9.17) is 9.47 Å². The van der Waals surface area contributed by atoms with Gasteiger partial charge in [0.1, 0.15) is 17.2 Å². The molecule has 0 saturated heterocycles. The molecule has 0 aliphatic rings. The molecule has 0 aliphatic carbocycles. The Morgan fingerprint density at radius 2 is 1.36 bits per heavy atom. The van der Waals surface area contributed by atoms with Crippen molar-refractivity contribution in [2.45, 2.75) is 6.18 Å². The molecule has 0 atom stereocenters. The van der Waals surface area contributed by atoms with Crippen molar-refractivity contribution in [1.29, 1.82) is 0 Å². The highest BCUT2D eigenvalue weighted by Gasteiger charge is 2.33. The Morgan fingerprint density at radius 1 is 0.821 bits per heavy atom. The normalized spacial score (nSPS) is 11.0. The Hall–Kier alpha value is -3.48. The van der Waals surface area contributed by atoms with Crippen LogP contribution in [-0.4, -0.2) is 13.0 Å². The number of ether oxygens (including phenoxy) is 2. The number of alkyl halides is 3. The number of benzene rings is 3. The van der Waals surface area contributed by atoms with Gasteiger partial charge in [-0.1, -0.05) is 12.1 Å². The molecule has 0 unspecified atom stereocenters. The van der Waals surface area contributed by atoms with E-state index in [1.165, 1.54) is 30.3 Å². The summed E-state index contributed by atoms with van der Waals surface area (Å²) >= 11 is 0. The lowest BCUT2D eigenvalue weighted by molar-refractivity contribution is -0.136. The molecule has 0 saturated carbocycles. The van der Waals surface area contributed by atoms with Crippen LogP contribution >= 0.6 is 0 Å². The van der Waals surface area contributed by atoms with Crippen LogP contribution in [0.15, 0.2) is 72.8 Å². The predicted octanol–water partition coefficient (Wildman–Crippen LogP) is 5.76. The summed E-state index contributed by atoms with van der Waals surface area (Å²) in [5, 5.41) is 2.30. The molecule has 0 aliphatic heterocycles. The number of carbonyl (C=O) groups excluding carboxylic acids is 1. The zero-order chi connectivity index (χ0) is 20.1. The van der Waals surface area contributed by atoms with Crippen molar-refractivity contribution in [2.24, 2.45) is 0 Å². The van der Waals surface area contributed by atoms with Gasteiger partial charge >= 0.3 is 6.18 Å². The van der Waals surface area contributed by atoms with Crippen molar-refractivity contribution in [3.05, 3.63) is 83.9 Å². The highest BCUT2D eigenvalue weighted by atomic mass is 19.4. The summed E-state index contributed by atoms with van der Waals surface area (Å²) in [5.74, 6) is 1.11. The fraction of sp³-hybridized carbons (Fsp3) is 0.0952. The number of halogens is 3. The van der Waals surface area contributed by atoms with Gasteiger partial charge in [0.25, 0.3) is 5.91 Å². The van der Waals surface area contributed by atoms with E-state index in [1.54, 1.807) is 43.5 Å². The summed E-state index contributed by atoms with van der Waals surface area (Å²) in [6.07, 6.45) is -4.56. The number of methoxy groups -OCH3 is 1. The average Bonchev–Trinajstić information content (AvgIpc) is 2.69. The molecule has 0 bridgehead atoms. The van der Waals surface area contributed by atoms with E-state index in [9.17, 15) is 18.0 Å². The summed E-state index contributed by atoms with van der Waals surface area (Å²) in [7, 11) is 1.56. The second kappa shape index (κ2) is 8.04. The highest BCUT2D eigenvalue weighted by Crippen LogP contribution is 2.34. The van der Waals surface area contributed by atoms with E-state index < -0.39 is 17.6 Å². The van der Waals surface area contributed by atoms with Crippen molar-refractivity contribution in [2.75, 3.05) is 12.4 Å². The van der Waals surface area contributed by atoms with E-state index in [1.807, 2.05) is 0 Å². The first-order chi connectivity index (χ1) is 13.4. The number of carbonyl (C=O) groups is 1. The van der Waals surface area contributed by atoms with Crippen molar-refractivity contribution in [3.8, 4) is 17.2 Å². The van der Waals surface area contributed by atoms with Crippen LogP contribution in [0.25, 0.3) is 0 Å². The number of hydrogen-bond donors (Lipinski definition) is 1. The maximum atomic E-state index is 13.0. The third kappa shape index (κ3) is 4.62. The standard InChI is InChI=1S/C21H16F3NO3/c1-27-15-10-12-17(13-11-15)28-16-8-6-14(7-9-16)20(26)25-19-5-3-2-4-18(19)21(22,23)24/h2-13H,1H3,(H,25,26). The van der Waals surface area contributed by atoms with Crippen molar-refractivity contribution in [1.82, 2.24) is 0 Å². The molecular weight excluding hydrogens is 371 g/mol. The smallest absolute Gasteiger partial charge is 0.418 e. The minimum Gasteiger partial charge on any atom is -0.497 e. The molecule has 7 heteroatoms. The number of nitrogens with one attached hydrogen (secondary N) is 1. The fourth-order valence-corrected chi connectivity index (χ4v) is 2.49. The SMILES string of the molecule is COc1ccc(Oc2ccc(C(=O)Nc3ccccc3C(F)(F)F)cc2)cc1. The molecule has 0 heterocycles. The van der Waals surface area contributed by atoms with Crippen LogP contribution in [-0.2, 0) is 6.18 Å². The molecule has 0 spiro atoms. The van der Waals surface area contributed by atoms with E-state index in [-0.39, 0.29) is 11.3 Å². The average molecular weight is 387 g/mol. The van der Waals surface area contributed by atoms with Crippen LogP contribution < -0.4 is 14.8 Å². The number of rotatable bonds is 5. The van der Waals surface area contributed by atoms with Gasteiger partial charge in [-0.05, 0) is 60.7 Å². The topological polar surface area (TPSA) is 47.6 Å². The first-order valence-corrected chi connectivity index (χ1v) is 8.26. The quantitative estimate of drug-likeness (QED) is 0.606. The summed E-state index contributed by atoms with van der Waals surface area (Å²) in [4.78, 5) is 12.3. The third-order valence-electron chi connectivity index (χ3n) is 3.89. The highest BCUT2D eigenvalue weighted by molar-refractivity contribution is 6.04. The summed E-state index contributed by atoms with van der Waals surface area (Å²) in [6, 6.07) is 17.9. The molecular formula is C21H16F3NO3. The van der Waals surface area contributed by atoms with Crippen LogP contribution in [0.5, 0.6) is 17.2 Å². The first kappa shape index (κ1) is 19.3. The lowest BCUT2D eigenvalue weighted by Crippen LogP contribution is -2.16. The number of para-hydroxylation sites is 1. The van der Waals surface area contributed by atoms with Crippen molar-refractivity contribution >= 4 is 11.6 Å². The van der Waals surface area contributed by atoms with Crippen molar-refractivity contribution in [3.63, 3.8) is 0 Å². The lowest BCUT2D eigenvalue weighted by atomic mass is 10.1. The minimum atomic E-state index is -4.56. The Balaban J connectivity index is 1.70. The maximum absolute atomic E-state index is 13.0. The zero-order valence-corrected chi connectivity index (χ0v) is 14.8. The van der Waals surface area contributed by atoms with Gasteiger partial charge in [0, 0.05) is 5.56 Å². The third-order valence-corrected chi connectivity index (χ3v) is 3.89. The van der Waals surface area contributed by atoms with Gasteiger partial charge < -0.3 is 14.8 Å². The lowest BCUT2D eigenvalue weighted by Gasteiger charge is -2.13. The van der Waals surface area contributed by atoms with E-state index in [0.29, 0.717) is 17.2 Å². The van der Waals surface area contributed by atoms with Crippen LogP contribution in [0, 0.1) is 0 Å². The van der Waals surface area contributed by atoms with Crippen LogP contribution in [0.2, 0.25) is 0 Å². The van der Waals surface area contributed by atoms with Gasteiger partial charge in [-0.2, -0.15) is 13.2 Å². The van der Waals surface area contributed by atoms with Gasteiger partial charge in [0.2, 0.25) is 0 Å². The molecule has 1 amide bonds. The van der Waals surface area contributed by atoms with Crippen molar-refractivity contribution < 1.29 is 27.4 Å². The Kier molecular flexibility index (Phi) is 5.54. The molecule has 28 heavy (non-hydrogen) atoms. The molecule has 0 fully saturated rings. The first-order valence-electron chi connectivity index (χ1n) is 8.26. The van der Waals surface area contributed by atoms with Gasteiger partial charge in [0.05, 0.1) is 18.4 Å². The van der Waals surface area contributed by atoms with Crippen LogP contribution in [0.3, 0.4) is 0 Å². The van der Waals surface area contributed by atoms with Gasteiger partial charge in [0.15, 0.2) is 0 Å². The van der Waals surface area contributed by atoms with E-state index in [2.05, 4.69) is 5.32 Å². The summed E-state index contributed by atoms with van der Waals surface area (Å²) in [5.41, 5.74) is -0.986. The van der Waals surface area contributed by atoms with Crippen LogP contribution in [0.4, 0.5) is 18.9 Å². The maximum Gasteiger partial charge on any atom is 0.418 e. The molecule has 3 aromatic rings. The number of anilines is 1.